The van der Waals surface area contributed by atoms with Gasteiger partial charge in [0.1, 0.15) is 18.7 Å². The molecule has 1 heterocycles. The standard InChI is InChI=1S/C25H27N3O5/c1-17(12-13-26)22(24(30)32-2)27-23(29)21-14-19-10-6-7-11-20(19)15-28(21)25(31)33-16-18-8-4-3-5-9-18/h3-11,17,21-22H,12,14-16H2,1-2H3,(H,27,29)/t17-,21-,22-/m0/s1. The molecular weight excluding hydrogens is 422 g/mol. The number of nitriles is 1. The van der Waals surface area contributed by atoms with Crippen molar-refractivity contribution in [1.29, 1.82) is 5.26 Å². The number of amides is 2. The number of ether oxygens (including phenoxy) is 2. The van der Waals surface area contributed by atoms with Crippen LogP contribution in [0.5, 0.6) is 0 Å². The molecule has 1 N–H and O–H groups in total. The van der Waals surface area contributed by atoms with Crippen LogP contribution in [0.1, 0.15) is 30.0 Å². The normalized spacial score (nSPS) is 16.5. The van der Waals surface area contributed by atoms with Crippen molar-refractivity contribution in [2.45, 2.75) is 45.0 Å². The largest absolute Gasteiger partial charge is 0.467 e. The highest BCUT2D eigenvalue weighted by Gasteiger charge is 2.38. The molecule has 8 heteroatoms. The van der Waals surface area contributed by atoms with Gasteiger partial charge in [0.15, 0.2) is 0 Å². The predicted octanol–water partition coefficient (Wildman–Crippen LogP) is 2.96. The maximum absolute atomic E-state index is 13.3. The van der Waals surface area contributed by atoms with E-state index in [0.29, 0.717) is 0 Å². The minimum Gasteiger partial charge on any atom is -0.467 e. The van der Waals surface area contributed by atoms with Crippen molar-refractivity contribution < 1.29 is 23.9 Å². The lowest BCUT2D eigenvalue weighted by Gasteiger charge is -2.36. The maximum Gasteiger partial charge on any atom is 0.411 e. The minimum absolute atomic E-state index is 0.0659. The molecule has 8 nitrogen and oxygen atoms in total. The van der Waals surface area contributed by atoms with Gasteiger partial charge >= 0.3 is 12.1 Å². The average Bonchev–Trinajstić information content (AvgIpc) is 2.85. The summed E-state index contributed by atoms with van der Waals surface area (Å²) in [5.74, 6) is -1.59. The Labute approximate surface area is 193 Å². The lowest BCUT2D eigenvalue weighted by atomic mass is 9.92. The highest BCUT2D eigenvalue weighted by molar-refractivity contribution is 5.90. The second-order valence-corrected chi connectivity index (χ2v) is 8.01. The van der Waals surface area contributed by atoms with E-state index in [4.69, 9.17) is 14.7 Å². The summed E-state index contributed by atoms with van der Waals surface area (Å²) in [5.41, 5.74) is 2.71. The van der Waals surface area contributed by atoms with Crippen molar-refractivity contribution in [2.24, 2.45) is 5.92 Å². The molecule has 1 aliphatic rings. The van der Waals surface area contributed by atoms with E-state index < -0.39 is 36.0 Å². The molecule has 0 saturated heterocycles. The number of hydrogen-bond acceptors (Lipinski definition) is 6. The highest BCUT2D eigenvalue weighted by atomic mass is 16.6. The fourth-order valence-electron chi connectivity index (χ4n) is 3.82. The van der Waals surface area contributed by atoms with Gasteiger partial charge in [-0.15, -0.1) is 0 Å². The minimum atomic E-state index is -0.999. The van der Waals surface area contributed by atoms with Crippen LogP contribution in [0, 0.1) is 17.2 Å². The van der Waals surface area contributed by atoms with Gasteiger partial charge in [0.25, 0.3) is 0 Å². The smallest absolute Gasteiger partial charge is 0.411 e. The number of methoxy groups -OCH3 is 1. The molecule has 3 atom stereocenters. The van der Waals surface area contributed by atoms with Crippen LogP contribution in [0.15, 0.2) is 54.6 Å². The van der Waals surface area contributed by atoms with Gasteiger partial charge in [-0.05, 0) is 16.7 Å². The number of fused-ring (bicyclic) bond motifs is 1. The van der Waals surface area contributed by atoms with Gasteiger partial charge in [0.2, 0.25) is 5.91 Å². The second kappa shape index (κ2) is 11.1. The third kappa shape index (κ3) is 5.89. The second-order valence-electron chi connectivity index (χ2n) is 8.01. The zero-order valence-electron chi connectivity index (χ0n) is 18.7. The Morgan fingerprint density at radius 1 is 1.12 bits per heavy atom. The first-order valence-corrected chi connectivity index (χ1v) is 10.7. The maximum atomic E-state index is 13.3. The molecule has 2 aromatic rings. The molecule has 0 spiro atoms. The van der Waals surface area contributed by atoms with Crippen LogP contribution in [0.25, 0.3) is 0 Å². The Morgan fingerprint density at radius 3 is 2.45 bits per heavy atom. The Morgan fingerprint density at radius 2 is 1.79 bits per heavy atom. The fraction of sp³-hybridized carbons (Fsp3) is 0.360. The zero-order chi connectivity index (χ0) is 23.8. The predicted molar refractivity (Wildman–Crippen MR) is 119 cm³/mol. The molecule has 2 amide bonds. The van der Waals surface area contributed by atoms with Crippen LogP contribution in [0.2, 0.25) is 0 Å². The first-order valence-electron chi connectivity index (χ1n) is 10.7. The summed E-state index contributed by atoms with van der Waals surface area (Å²) < 4.78 is 10.3. The third-order valence-electron chi connectivity index (χ3n) is 5.73. The van der Waals surface area contributed by atoms with Gasteiger partial charge in [-0.2, -0.15) is 5.26 Å². The van der Waals surface area contributed by atoms with Gasteiger partial charge in [0, 0.05) is 18.8 Å². The van der Waals surface area contributed by atoms with Crippen molar-refractivity contribution in [2.75, 3.05) is 7.11 Å². The number of nitrogens with one attached hydrogen (secondary N) is 1. The molecule has 0 fully saturated rings. The van der Waals surface area contributed by atoms with Gasteiger partial charge in [-0.3, -0.25) is 9.69 Å². The molecular formula is C25H27N3O5. The molecule has 0 radical (unpaired) electrons. The topological polar surface area (TPSA) is 109 Å². The SMILES string of the molecule is COC(=O)[C@@H](NC(=O)[C@@H]1Cc2ccccc2CN1C(=O)OCc1ccccc1)[C@@H](C)CC#N. The summed E-state index contributed by atoms with van der Waals surface area (Å²) in [7, 11) is 1.23. The molecule has 0 aliphatic carbocycles. The monoisotopic (exact) mass is 449 g/mol. The Hall–Kier alpha value is -3.86. The molecule has 0 bridgehead atoms. The van der Waals surface area contributed by atoms with Gasteiger partial charge < -0.3 is 14.8 Å². The van der Waals surface area contributed by atoms with E-state index in [1.54, 1.807) is 6.92 Å². The van der Waals surface area contributed by atoms with Crippen molar-refractivity contribution in [3.05, 3.63) is 71.3 Å². The number of esters is 1. The van der Waals surface area contributed by atoms with Gasteiger partial charge in [-0.1, -0.05) is 61.5 Å². The number of carbonyl (C=O) groups excluding carboxylic acids is 3. The van der Waals surface area contributed by atoms with E-state index >= 15 is 0 Å². The van der Waals surface area contributed by atoms with Crippen LogP contribution in [0.3, 0.4) is 0 Å². The van der Waals surface area contributed by atoms with E-state index in [0.717, 1.165) is 16.7 Å². The van der Waals surface area contributed by atoms with Crippen molar-refractivity contribution in [1.82, 2.24) is 10.2 Å². The average molecular weight is 450 g/mol. The number of hydrogen-bond donors (Lipinski definition) is 1. The molecule has 0 saturated carbocycles. The first kappa shape index (κ1) is 23.8. The van der Waals surface area contributed by atoms with E-state index in [9.17, 15) is 14.4 Å². The quantitative estimate of drug-likeness (QED) is 0.651. The summed E-state index contributed by atoms with van der Waals surface area (Å²) in [6.45, 7) is 1.97. The third-order valence-corrected chi connectivity index (χ3v) is 5.73. The van der Waals surface area contributed by atoms with Crippen LogP contribution < -0.4 is 5.32 Å². The lowest BCUT2D eigenvalue weighted by Crippen LogP contribution is -2.56. The molecule has 0 unspecified atom stereocenters. The Kier molecular flexibility index (Phi) is 8.03. The van der Waals surface area contributed by atoms with Crippen LogP contribution in [-0.4, -0.2) is 42.1 Å². The van der Waals surface area contributed by atoms with E-state index in [1.165, 1.54) is 12.0 Å². The van der Waals surface area contributed by atoms with E-state index in [-0.39, 0.29) is 26.0 Å². The lowest BCUT2D eigenvalue weighted by molar-refractivity contribution is -0.147. The molecule has 1 aliphatic heterocycles. The summed E-state index contributed by atoms with van der Waals surface area (Å²) in [4.78, 5) is 39.9. The molecule has 172 valence electrons. The van der Waals surface area contributed by atoms with Crippen molar-refractivity contribution >= 4 is 18.0 Å². The van der Waals surface area contributed by atoms with Crippen LogP contribution in [-0.2, 0) is 38.6 Å². The summed E-state index contributed by atoms with van der Waals surface area (Å²) in [6, 6.07) is 17.0. The van der Waals surface area contributed by atoms with E-state index in [1.807, 2.05) is 60.7 Å². The Bertz CT molecular complexity index is 1030. The number of nitrogens with zero attached hydrogens (tertiary/aromatic N) is 2. The van der Waals surface area contributed by atoms with Gasteiger partial charge in [-0.25, -0.2) is 9.59 Å². The van der Waals surface area contributed by atoms with E-state index in [2.05, 4.69) is 5.32 Å². The Balaban J connectivity index is 1.80. The highest BCUT2D eigenvalue weighted by Crippen LogP contribution is 2.25. The van der Waals surface area contributed by atoms with Crippen molar-refractivity contribution in [3.63, 3.8) is 0 Å². The molecule has 3 rings (SSSR count). The fourth-order valence-corrected chi connectivity index (χ4v) is 3.82. The van der Waals surface area contributed by atoms with Crippen LogP contribution in [0.4, 0.5) is 4.79 Å². The zero-order valence-corrected chi connectivity index (χ0v) is 18.7. The number of rotatable bonds is 7. The van der Waals surface area contributed by atoms with Gasteiger partial charge in [0.05, 0.1) is 19.7 Å². The first-order chi connectivity index (χ1) is 15.9. The number of benzene rings is 2. The summed E-state index contributed by atoms with van der Waals surface area (Å²) >= 11 is 0. The molecule has 33 heavy (non-hydrogen) atoms. The number of carbonyl (C=O) groups is 3. The molecule has 0 aromatic heterocycles. The van der Waals surface area contributed by atoms with Crippen LogP contribution >= 0.6 is 0 Å². The molecule has 2 aromatic carbocycles. The van der Waals surface area contributed by atoms with Crippen molar-refractivity contribution in [3.8, 4) is 6.07 Å². The summed E-state index contributed by atoms with van der Waals surface area (Å²) in [6.07, 6.45) is -0.271. The summed E-state index contributed by atoms with van der Waals surface area (Å²) in [5, 5.41) is 11.7.